The van der Waals surface area contributed by atoms with E-state index in [1.165, 1.54) is 6.92 Å². The molecule has 29 heavy (non-hydrogen) atoms. The lowest BCUT2D eigenvalue weighted by Gasteiger charge is -2.17. The molecule has 0 spiro atoms. The molecule has 0 aliphatic heterocycles. The number of alkyl carbamates (subject to hydrolysis) is 1. The van der Waals surface area contributed by atoms with Crippen molar-refractivity contribution in [3.63, 3.8) is 0 Å². The van der Waals surface area contributed by atoms with Crippen molar-refractivity contribution in [2.75, 3.05) is 6.61 Å². The highest BCUT2D eigenvalue weighted by molar-refractivity contribution is 5.84. The Balaban J connectivity index is 1.55. The van der Waals surface area contributed by atoms with Gasteiger partial charge in [0.2, 0.25) is 5.91 Å². The number of nitrogens with one attached hydrogen (secondary N) is 2. The fourth-order valence-corrected chi connectivity index (χ4v) is 3.53. The molecule has 0 saturated carbocycles. The molecular formula is C22H24N2O5. The van der Waals surface area contributed by atoms with E-state index in [2.05, 4.69) is 22.8 Å². The molecule has 152 valence electrons. The van der Waals surface area contributed by atoms with Crippen LogP contribution in [0.2, 0.25) is 0 Å². The van der Waals surface area contributed by atoms with Crippen LogP contribution >= 0.6 is 0 Å². The largest absolute Gasteiger partial charge is 0.480 e. The van der Waals surface area contributed by atoms with Gasteiger partial charge in [-0.3, -0.25) is 9.59 Å². The number of ether oxygens (including phenoxy) is 1. The van der Waals surface area contributed by atoms with E-state index >= 15 is 0 Å². The number of carboxylic acids is 1. The number of carbonyl (C=O) groups excluding carboxylic acids is 2. The van der Waals surface area contributed by atoms with E-state index in [1.54, 1.807) is 6.92 Å². The summed E-state index contributed by atoms with van der Waals surface area (Å²) in [5.74, 6) is -1.61. The first-order valence-corrected chi connectivity index (χ1v) is 9.50. The fourth-order valence-electron chi connectivity index (χ4n) is 3.53. The Kier molecular flexibility index (Phi) is 6.16. The highest BCUT2D eigenvalue weighted by Crippen LogP contribution is 2.44. The monoisotopic (exact) mass is 396 g/mol. The Morgan fingerprint density at radius 2 is 1.52 bits per heavy atom. The molecule has 1 aliphatic carbocycles. The standard InChI is InChI=1S/C22H24N2O5/c1-13(11-20(25)24-14(2)21(26)27)23-22(28)29-12-19-17-9-5-3-7-15(17)16-8-4-6-10-18(16)19/h3-10,13-14,19H,11-12H2,1-2H3,(H,23,28)(H,24,25)(H,26,27)/t13-,14+/m1/s1. The van der Waals surface area contributed by atoms with Gasteiger partial charge in [0.1, 0.15) is 12.6 Å². The summed E-state index contributed by atoms with van der Waals surface area (Å²) < 4.78 is 5.44. The molecular weight excluding hydrogens is 372 g/mol. The Labute approximate surface area is 169 Å². The Bertz CT molecular complexity index is 881. The van der Waals surface area contributed by atoms with Gasteiger partial charge in [-0.25, -0.2) is 4.79 Å². The van der Waals surface area contributed by atoms with Crippen molar-refractivity contribution in [1.82, 2.24) is 10.6 Å². The van der Waals surface area contributed by atoms with Crippen molar-refractivity contribution in [2.45, 2.75) is 38.3 Å². The molecule has 2 aromatic rings. The molecule has 0 heterocycles. The zero-order chi connectivity index (χ0) is 21.0. The third-order valence-corrected chi connectivity index (χ3v) is 4.95. The second-order valence-electron chi connectivity index (χ2n) is 7.20. The number of hydrogen-bond donors (Lipinski definition) is 3. The van der Waals surface area contributed by atoms with Gasteiger partial charge in [-0.1, -0.05) is 48.5 Å². The summed E-state index contributed by atoms with van der Waals surface area (Å²) in [6.07, 6.45) is -0.652. The minimum absolute atomic E-state index is 0.0387. The second kappa shape index (κ2) is 8.77. The van der Waals surface area contributed by atoms with Crippen LogP contribution in [0.3, 0.4) is 0 Å². The molecule has 0 saturated heterocycles. The molecule has 0 fully saturated rings. The Morgan fingerprint density at radius 3 is 2.07 bits per heavy atom. The van der Waals surface area contributed by atoms with Gasteiger partial charge in [0.15, 0.2) is 0 Å². The van der Waals surface area contributed by atoms with Crippen LogP contribution in [0.25, 0.3) is 11.1 Å². The van der Waals surface area contributed by atoms with E-state index in [9.17, 15) is 14.4 Å². The van der Waals surface area contributed by atoms with Crippen LogP contribution in [0.4, 0.5) is 4.79 Å². The van der Waals surface area contributed by atoms with Crippen molar-refractivity contribution in [2.24, 2.45) is 0 Å². The predicted octanol–water partition coefficient (Wildman–Crippen LogP) is 2.89. The van der Waals surface area contributed by atoms with Crippen molar-refractivity contribution < 1.29 is 24.2 Å². The van der Waals surface area contributed by atoms with Gasteiger partial charge >= 0.3 is 12.1 Å². The molecule has 2 amide bonds. The quantitative estimate of drug-likeness (QED) is 0.667. The third kappa shape index (κ3) is 4.74. The second-order valence-corrected chi connectivity index (χ2v) is 7.20. The number of amides is 2. The normalized spacial score (nSPS) is 14.3. The lowest BCUT2D eigenvalue weighted by atomic mass is 9.98. The van der Waals surface area contributed by atoms with Crippen LogP contribution in [0, 0.1) is 0 Å². The molecule has 1 aliphatic rings. The smallest absolute Gasteiger partial charge is 0.407 e. The summed E-state index contributed by atoms with van der Waals surface area (Å²) in [4.78, 5) is 34.8. The van der Waals surface area contributed by atoms with Crippen molar-refractivity contribution in [1.29, 1.82) is 0 Å². The van der Waals surface area contributed by atoms with Gasteiger partial charge in [0, 0.05) is 18.4 Å². The van der Waals surface area contributed by atoms with E-state index < -0.39 is 30.1 Å². The summed E-state index contributed by atoms with van der Waals surface area (Å²) in [5, 5.41) is 13.8. The van der Waals surface area contributed by atoms with E-state index in [0.29, 0.717) is 0 Å². The highest BCUT2D eigenvalue weighted by Gasteiger charge is 2.29. The Morgan fingerprint density at radius 1 is 0.966 bits per heavy atom. The molecule has 3 rings (SSSR count). The van der Waals surface area contributed by atoms with Gasteiger partial charge in [-0.15, -0.1) is 0 Å². The summed E-state index contributed by atoms with van der Waals surface area (Å²) in [5.41, 5.74) is 4.54. The summed E-state index contributed by atoms with van der Waals surface area (Å²) in [7, 11) is 0. The minimum atomic E-state index is -1.12. The molecule has 2 atom stereocenters. The van der Waals surface area contributed by atoms with Gasteiger partial charge in [0.05, 0.1) is 0 Å². The molecule has 7 nitrogen and oxygen atoms in total. The van der Waals surface area contributed by atoms with Crippen molar-refractivity contribution in [3.8, 4) is 11.1 Å². The van der Waals surface area contributed by atoms with Crippen LogP contribution in [0.5, 0.6) is 0 Å². The van der Waals surface area contributed by atoms with Crippen LogP contribution in [0.15, 0.2) is 48.5 Å². The zero-order valence-corrected chi connectivity index (χ0v) is 16.3. The highest BCUT2D eigenvalue weighted by atomic mass is 16.5. The van der Waals surface area contributed by atoms with Gasteiger partial charge in [-0.05, 0) is 36.1 Å². The van der Waals surface area contributed by atoms with Crippen LogP contribution in [-0.4, -0.2) is 41.8 Å². The van der Waals surface area contributed by atoms with Gasteiger partial charge in [0.25, 0.3) is 0 Å². The molecule has 0 unspecified atom stereocenters. The molecule has 3 N–H and O–H groups in total. The maximum Gasteiger partial charge on any atom is 0.407 e. The summed E-state index contributed by atoms with van der Waals surface area (Å²) >= 11 is 0. The fraction of sp³-hybridized carbons (Fsp3) is 0.318. The molecule has 2 aromatic carbocycles. The van der Waals surface area contributed by atoms with Gasteiger partial charge < -0.3 is 20.5 Å². The lowest BCUT2D eigenvalue weighted by molar-refractivity contribution is -0.141. The number of carbonyl (C=O) groups is 3. The maximum absolute atomic E-state index is 12.2. The molecule has 0 radical (unpaired) electrons. The van der Waals surface area contributed by atoms with E-state index in [-0.39, 0.29) is 18.9 Å². The number of hydrogen-bond acceptors (Lipinski definition) is 4. The van der Waals surface area contributed by atoms with Crippen LogP contribution in [0.1, 0.15) is 37.3 Å². The predicted molar refractivity (Wildman–Crippen MR) is 108 cm³/mol. The summed E-state index contributed by atoms with van der Waals surface area (Å²) in [6.45, 7) is 3.23. The topological polar surface area (TPSA) is 105 Å². The van der Waals surface area contributed by atoms with Crippen LogP contribution in [-0.2, 0) is 14.3 Å². The SMILES string of the molecule is C[C@H](CC(=O)N[C@@H](C)C(=O)O)NC(=O)OCC1c2ccccc2-c2ccccc21. The van der Waals surface area contributed by atoms with Crippen LogP contribution < -0.4 is 10.6 Å². The molecule has 0 aromatic heterocycles. The first-order chi connectivity index (χ1) is 13.9. The lowest BCUT2D eigenvalue weighted by Crippen LogP contribution is -2.42. The summed E-state index contributed by atoms with van der Waals surface area (Å²) in [6, 6.07) is 14.6. The number of rotatable bonds is 7. The average Bonchev–Trinajstić information content (AvgIpc) is 3.00. The first-order valence-electron chi connectivity index (χ1n) is 9.50. The molecule has 0 bridgehead atoms. The van der Waals surface area contributed by atoms with E-state index in [0.717, 1.165) is 22.3 Å². The zero-order valence-electron chi connectivity index (χ0n) is 16.3. The van der Waals surface area contributed by atoms with Crippen molar-refractivity contribution in [3.05, 3.63) is 59.7 Å². The maximum atomic E-state index is 12.2. The number of benzene rings is 2. The Hall–Kier alpha value is -3.35. The van der Waals surface area contributed by atoms with E-state index in [4.69, 9.17) is 9.84 Å². The first kappa shape index (κ1) is 20.4. The number of carboxylic acid groups (broad SMARTS) is 1. The molecule has 7 heteroatoms. The number of fused-ring (bicyclic) bond motifs is 3. The van der Waals surface area contributed by atoms with E-state index in [1.807, 2.05) is 36.4 Å². The number of aliphatic carboxylic acids is 1. The van der Waals surface area contributed by atoms with Crippen molar-refractivity contribution >= 4 is 18.0 Å². The van der Waals surface area contributed by atoms with Gasteiger partial charge in [-0.2, -0.15) is 0 Å². The third-order valence-electron chi connectivity index (χ3n) is 4.95. The minimum Gasteiger partial charge on any atom is -0.480 e. The average molecular weight is 396 g/mol.